The maximum Gasteiger partial charge on any atom is 0.267 e. The molecular weight excluding hydrogens is 420 g/mol. The van der Waals surface area contributed by atoms with Crippen molar-refractivity contribution in [1.29, 1.82) is 0 Å². The molecule has 4 rings (SSSR count). The minimum atomic E-state index is -0.258. The standard InChI is InChI=1S/C21H20N4O3S2/c1-3-8-24-20(27)16(30-21(24)29)10-15-18(22-11-14-5-4-9-28-14)23-17-7-6-13(2)12-25(17)19(15)26/h4-7,9-10,12,22H,3,8,11H2,1-2H3/b16-10-. The average molecular weight is 441 g/mol. The molecule has 0 radical (unpaired) electrons. The summed E-state index contributed by atoms with van der Waals surface area (Å²) in [7, 11) is 0. The van der Waals surface area contributed by atoms with E-state index in [0.29, 0.717) is 45.1 Å². The monoisotopic (exact) mass is 440 g/mol. The van der Waals surface area contributed by atoms with E-state index in [1.54, 1.807) is 35.6 Å². The number of anilines is 1. The average Bonchev–Trinajstić information content (AvgIpc) is 3.33. The van der Waals surface area contributed by atoms with Gasteiger partial charge in [0.2, 0.25) is 0 Å². The van der Waals surface area contributed by atoms with E-state index >= 15 is 0 Å². The van der Waals surface area contributed by atoms with E-state index in [1.165, 1.54) is 16.2 Å². The van der Waals surface area contributed by atoms with Crippen LogP contribution < -0.4 is 10.9 Å². The number of aryl methyl sites for hydroxylation is 1. The van der Waals surface area contributed by atoms with Crippen molar-refractivity contribution in [2.24, 2.45) is 0 Å². The zero-order chi connectivity index (χ0) is 21.3. The number of thioether (sulfide) groups is 1. The molecule has 1 amide bonds. The van der Waals surface area contributed by atoms with E-state index in [9.17, 15) is 9.59 Å². The van der Waals surface area contributed by atoms with Gasteiger partial charge in [-0.15, -0.1) is 0 Å². The third-order valence-corrected chi connectivity index (χ3v) is 5.99. The number of nitrogens with one attached hydrogen (secondary N) is 1. The molecule has 3 aromatic heterocycles. The number of rotatable bonds is 6. The number of carbonyl (C=O) groups excluding carboxylic acids is 1. The lowest BCUT2D eigenvalue weighted by molar-refractivity contribution is -0.122. The van der Waals surface area contributed by atoms with E-state index < -0.39 is 0 Å². The molecule has 0 atom stereocenters. The van der Waals surface area contributed by atoms with E-state index in [-0.39, 0.29) is 11.5 Å². The molecule has 0 unspecified atom stereocenters. The van der Waals surface area contributed by atoms with Gasteiger partial charge in [0, 0.05) is 12.7 Å². The van der Waals surface area contributed by atoms with Gasteiger partial charge < -0.3 is 9.73 Å². The first-order valence-corrected chi connectivity index (χ1v) is 10.7. The minimum absolute atomic E-state index is 0.183. The fraction of sp³-hybridized carbons (Fsp3) is 0.238. The number of nitrogens with zero attached hydrogens (tertiary/aromatic N) is 3. The molecule has 7 nitrogen and oxygen atoms in total. The van der Waals surface area contributed by atoms with Crippen molar-refractivity contribution in [3.8, 4) is 0 Å². The van der Waals surface area contributed by atoms with Crippen LogP contribution in [0.1, 0.15) is 30.2 Å². The summed E-state index contributed by atoms with van der Waals surface area (Å²) >= 11 is 6.55. The molecule has 9 heteroatoms. The molecule has 1 N–H and O–H groups in total. The van der Waals surface area contributed by atoms with Crippen LogP contribution in [-0.4, -0.2) is 31.1 Å². The van der Waals surface area contributed by atoms with Gasteiger partial charge in [-0.25, -0.2) is 4.98 Å². The Morgan fingerprint density at radius 3 is 2.87 bits per heavy atom. The summed E-state index contributed by atoms with van der Waals surface area (Å²) in [6, 6.07) is 7.31. The Balaban J connectivity index is 1.81. The van der Waals surface area contributed by atoms with Crippen LogP contribution in [0, 0.1) is 6.92 Å². The van der Waals surface area contributed by atoms with Crippen molar-refractivity contribution in [1.82, 2.24) is 14.3 Å². The number of aromatic nitrogens is 2. The Labute approximate surface area is 182 Å². The van der Waals surface area contributed by atoms with Crippen molar-refractivity contribution >= 4 is 51.7 Å². The fourth-order valence-corrected chi connectivity index (χ4v) is 4.45. The maximum atomic E-state index is 13.3. The van der Waals surface area contributed by atoms with Crippen molar-refractivity contribution < 1.29 is 9.21 Å². The molecule has 0 aliphatic carbocycles. The van der Waals surface area contributed by atoms with E-state index in [1.807, 2.05) is 26.0 Å². The first-order chi connectivity index (χ1) is 14.5. The minimum Gasteiger partial charge on any atom is -0.467 e. The third kappa shape index (κ3) is 3.90. The molecule has 0 bridgehead atoms. The van der Waals surface area contributed by atoms with Gasteiger partial charge in [-0.1, -0.05) is 37.0 Å². The number of amides is 1. The van der Waals surface area contributed by atoms with Crippen LogP contribution >= 0.6 is 24.0 Å². The molecule has 3 aromatic rings. The predicted octanol–water partition coefficient (Wildman–Crippen LogP) is 3.82. The van der Waals surface area contributed by atoms with Gasteiger partial charge in [0.15, 0.2) is 0 Å². The number of thiocarbonyl (C=S) groups is 1. The molecule has 154 valence electrons. The highest BCUT2D eigenvalue weighted by Crippen LogP contribution is 2.33. The maximum absolute atomic E-state index is 13.3. The van der Waals surface area contributed by atoms with Crippen molar-refractivity contribution in [2.45, 2.75) is 26.8 Å². The third-order valence-electron chi connectivity index (χ3n) is 4.61. The van der Waals surface area contributed by atoms with Gasteiger partial charge in [-0.2, -0.15) is 0 Å². The van der Waals surface area contributed by atoms with Crippen LogP contribution in [0.3, 0.4) is 0 Å². The summed E-state index contributed by atoms with van der Waals surface area (Å²) in [5.41, 5.74) is 1.50. The first-order valence-electron chi connectivity index (χ1n) is 9.52. The second kappa shape index (κ2) is 8.45. The van der Waals surface area contributed by atoms with Crippen LogP contribution in [0.4, 0.5) is 5.82 Å². The molecule has 1 saturated heterocycles. The van der Waals surface area contributed by atoms with Gasteiger partial charge in [0.25, 0.3) is 11.5 Å². The van der Waals surface area contributed by atoms with Gasteiger partial charge >= 0.3 is 0 Å². The summed E-state index contributed by atoms with van der Waals surface area (Å²) < 4.78 is 7.36. The number of fused-ring (bicyclic) bond motifs is 1. The van der Waals surface area contributed by atoms with Crippen LogP contribution in [0.5, 0.6) is 0 Å². The van der Waals surface area contributed by atoms with Gasteiger partial charge in [0.05, 0.1) is 23.3 Å². The van der Waals surface area contributed by atoms with Crippen molar-refractivity contribution in [2.75, 3.05) is 11.9 Å². The Morgan fingerprint density at radius 1 is 1.30 bits per heavy atom. The van der Waals surface area contributed by atoms with Gasteiger partial charge in [-0.3, -0.25) is 18.9 Å². The molecule has 0 saturated carbocycles. The summed E-state index contributed by atoms with van der Waals surface area (Å²) in [6.45, 7) is 4.81. The van der Waals surface area contributed by atoms with Crippen LogP contribution in [0.2, 0.25) is 0 Å². The summed E-state index contributed by atoms with van der Waals surface area (Å²) in [5, 5.41) is 3.17. The molecule has 0 spiro atoms. The molecule has 30 heavy (non-hydrogen) atoms. The Hall–Kier alpha value is -2.91. The zero-order valence-electron chi connectivity index (χ0n) is 16.5. The van der Waals surface area contributed by atoms with Crippen molar-refractivity contribution in [3.05, 3.63) is 68.9 Å². The number of pyridine rings is 1. The van der Waals surface area contributed by atoms with Gasteiger partial charge in [0.1, 0.15) is 21.5 Å². The smallest absolute Gasteiger partial charge is 0.267 e. The summed E-state index contributed by atoms with van der Waals surface area (Å²) in [6.07, 6.45) is 5.71. The summed E-state index contributed by atoms with van der Waals surface area (Å²) in [4.78, 5) is 32.7. The zero-order valence-corrected chi connectivity index (χ0v) is 18.2. The Morgan fingerprint density at radius 2 is 2.13 bits per heavy atom. The quantitative estimate of drug-likeness (QED) is 0.461. The lowest BCUT2D eigenvalue weighted by Crippen LogP contribution is -2.28. The number of carbonyl (C=O) groups is 1. The lowest BCUT2D eigenvalue weighted by Gasteiger charge is -2.12. The highest BCUT2D eigenvalue weighted by molar-refractivity contribution is 8.26. The number of hydrogen-bond acceptors (Lipinski definition) is 7. The first kappa shape index (κ1) is 20.4. The van der Waals surface area contributed by atoms with E-state index in [2.05, 4.69) is 10.3 Å². The SMILES string of the molecule is CCCN1C(=O)/C(=C/c2c(NCc3ccco3)nc3ccc(C)cn3c2=O)SC1=S. The highest BCUT2D eigenvalue weighted by Gasteiger charge is 2.32. The summed E-state index contributed by atoms with van der Waals surface area (Å²) in [5.74, 6) is 0.916. The van der Waals surface area contributed by atoms with E-state index in [4.69, 9.17) is 16.6 Å². The molecule has 0 aromatic carbocycles. The van der Waals surface area contributed by atoms with Gasteiger partial charge in [-0.05, 0) is 43.2 Å². The van der Waals surface area contributed by atoms with Crippen molar-refractivity contribution in [3.63, 3.8) is 0 Å². The Kier molecular flexibility index (Phi) is 5.74. The highest BCUT2D eigenvalue weighted by atomic mass is 32.2. The topological polar surface area (TPSA) is 79.8 Å². The number of hydrogen-bond donors (Lipinski definition) is 1. The largest absolute Gasteiger partial charge is 0.467 e. The normalized spacial score (nSPS) is 15.5. The second-order valence-electron chi connectivity index (χ2n) is 6.88. The molecule has 4 heterocycles. The van der Waals surface area contributed by atoms with Crippen LogP contribution in [0.15, 0.2) is 50.8 Å². The molecule has 1 fully saturated rings. The van der Waals surface area contributed by atoms with E-state index in [0.717, 1.165) is 12.0 Å². The molecule has 1 aliphatic heterocycles. The lowest BCUT2D eigenvalue weighted by atomic mass is 10.2. The molecule has 1 aliphatic rings. The second-order valence-corrected chi connectivity index (χ2v) is 8.56. The molecular formula is C21H20N4O3S2. The number of furan rings is 1. The van der Waals surface area contributed by atoms with Crippen LogP contribution in [0.25, 0.3) is 11.7 Å². The predicted molar refractivity (Wildman–Crippen MR) is 122 cm³/mol. The van der Waals surface area contributed by atoms with Crippen LogP contribution in [-0.2, 0) is 11.3 Å². The Bertz CT molecular complexity index is 1210. The fourth-order valence-electron chi connectivity index (χ4n) is 3.16.